The summed E-state index contributed by atoms with van der Waals surface area (Å²) in [7, 11) is 0. The van der Waals surface area contributed by atoms with Crippen molar-refractivity contribution in [3.8, 4) is 0 Å². The average molecular weight is 249 g/mol. The van der Waals surface area contributed by atoms with Crippen LogP contribution >= 0.6 is 11.3 Å². The minimum absolute atomic E-state index is 0.463. The lowest BCUT2D eigenvalue weighted by Gasteiger charge is -2.16. The molecule has 4 heteroatoms. The molecule has 2 rings (SSSR count). The molecule has 1 N–H and O–H groups in total. The minimum atomic E-state index is 0.463. The molecule has 0 fully saturated rings. The Morgan fingerprint density at radius 3 is 3.12 bits per heavy atom. The molecular weight excluding hydrogens is 230 g/mol. The highest BCUT2D eigenvalue weighted by Gasteiger charge is 2.10. The number of nitrogens with one attached hydrogen (secondary N) is 1. The largest absolute Gasteiger partial charge is 0.330 e. The first-order valence-corrected chi connectivity index (χ1v) is 6.93. The molecule has 0 bridgehead atoms. The summed E-state index contributed by atoms with van der Waals surface area (Å²) in [6, 6.07) is 4.77. The highest BCUT2D eigenvalue weighted by molar-refractivity contribution is 7.09. The second-order valence-corrected chi connectivity index (χ2v) is 5.24. The number of hydrogen-bond donors (Lipinski definition) is 1. The zero-order valence-corrected chi connectivity index (χ0v) is 11.2. The Bertz CT molecular complexity index is 433. The van der Waals surface area contributed by atoms with Crippen LogP contribution in [-0.4, -0.2) is 16.1 Å². The maximum absolute atomic E-state index is 4.25. The first-order valence-electron chi connectivity index (χ1n) is 6.05. The van der Waals surface area contributed by atoms with Crippen LogP contribution in [0.25, 0.3) is 0 Å². The van der Waals surface area contributed by atoms with E-state index in [1.54, 1.807) is 0 Å². The van der Waals surface area contributed by atoms with Gasteiger partial charge >= 0.3 is 0 Å². The van der Waals surface area contributed by atoms with Crippen molar-refractivity contribution in [2.24, 2.45) is 0 Å². The molecule has 0 radical (unpaired) electrons. The van der Waals surface area contributed by atoms with Crippen LogP contribution in [0, 0.1) is 0 Å². The molecule has 92 valence electrons. The van der Waals surface area contributed by atoms with Gasteiger partial charge in [0.2, 0.25) is 0 Å². The van der Waals surface area contributed by atoms with Gasteiger partial charge in [-0.2, -0.15) is 0 Å². The molecule has 2 aromatic heterocycles. The lowest BCUT2D eigenvalue weighted by molar-refractivity contribution is 0.516. The topological polar surface area (TPSA) is 29.9 Å². The quantitative estimate of drug-likeness (QED) is 0.853. The van der Waals surface area contributed by atoms with E-state index in [0.29, 0.717) is 6.04 Å². The van der Waals surface area contributed by atoms with Gasteiger partial charge in [-0.25, -0.2) is 4.98 Å². The molecule has 0 aliphatic carbocycles. The van der Waals surface area contributed by atoms with Gasteiger partial charge in [-0.15, -0.1) is 11.3 Å². The summed E-state index contributed by atoms with van der Waals surface area (Å²) in [6.45, 7) is 6.25. The first-order chi connectivity index (χ1) is 8.31. The zero-order valence-electron chi connectivity index (χ0n) is 10.4. The SMILES string of the molecule is CCNCc1cncn1C(C)Cc1cccs1. The molecule has 0 aromatic carbocycles. The summed E-state index contributed by atoms with van der Waals surface area (Å²) in [5.74, 6) is 0. The maximum Gasteiger partial charge on any atom is 0.0951 e. The van der Waals surface area contributed by atoms with Crippen LogP contribution in [0.15, 0.2) is 30.0 Å². The van der Waals surface area contributed by atoms with Crippen molar-refractivity contribution in [1.82, 2.24) is 14.9 Å². The molecule has 0 aliphatic heterocycles. The molecule has 0 saturated carbocycles. The van der Waals surface area contributed by atoms with Crippen molar-refractivity contribution in [3.05, 3.63) is 40.6 Å². The van der Waals surface area contributed by atoms with Gasteiger partial charge in [-0.1, -0.05) is 13.0 Å². The van der Waals surface area contributed by atoms with Gasteiger partial charge in [0.25, 0.3) is 0 Å². The standard InChI is InChI=1S/C13H19N3S/c1-3-14-8-12-9-15-10-16(12)11(2)7-13-5-4-6-17-13/h4-6,9-11,14H,3,7-8H2,1-2H3. The fraction of sp³-hybridized carbons (Fsp3) is 0.462. The Morgan fingerprint density at radius 1 is 1.53 bits per heavy atom. The van der Waals surface area contributed by atoms with Crippen LogP contribution in [0.2, 0.25) is 0 Å². The van der Waals surface area contributed by atoms with E-state index in [1.165, 1.54) is 10.6 Å². The Morgan fingerprint density at radius 2 is 2.41 bits per heavy atom. The minimum Gasteiger partial charge on any atom is -0.330 e. The Labute approximate surface area is 107 Å². The molecule has 1 unspecified atom stereocenters. The third-order valence-corrected chi connectivity index (χ3v) is 3.75. The van der Waals surface area contributed by atoms with E-state index in [2.05, 4.69) is 46.2 Å². The van der Waals surface area contributed by atoms with Gasteiger partial charge < -0.3 is 9.88 Å². The third-order valence-electron chi connectivity index (χ3n) is 2.85. The molecule has 17 heavy (non-hydrogen) atoms. The predicted molar refractivity (Wildman–Crippen MR) is 72.3 cm³/mol. The number of thiophene rings is 1. The summed E-state index contributed by atoms with van der Waals surface area (Å²) in [5.41, 5.74) is 1.26. The van der Waals surface area contributed by atoms with E-state index in [0.717, 1.165) is 19.5 Å². The van der Waals surface area contributed by atoms with Gasteiger partial charge in [0.15, 0.2) is 0 Å². The van der Waals surface area contributed by atoms with Crippen LogP contribution in [-0.2, 0) is 13.0 Å². The Kier molecular flexibility index (Phi) is 4.34. The van der Waals surface area contributed by atoms with Crippen molar-refractivity contribution < 1.29 is 0 Å². The Hall–Kier alpha value is -1.13. The highest BCUT2D eigenvalue weighted by atomic mass is 32.1. The number of hydrogen-bond acceptors (Lipinski definition) is 3. The van der Waals surface area contributed by atoms with Crippen LogP contribution in [0.3, 0.4) is 0 Å². The van der Waals surface area contributed by atoms with E-state index in [-0.39, 0.29) is 0 Å². The summed E-state index contributed by atoms with van der Waals surface area (Å²) >= 11 is 1.82. The molecule has 0 aliphatic rings. The van der Waals surface area contributed by atoms with Gasteiger partial charge in [-0.05, 0) is 24.9 Å². The van der Waals surface area contributed by atoms with Gasteiger partial charge in [0.05, 0.1) is 12.0 Å². The van der Waals surface area contributed by atoms with Crippen LogP contribution in [0.1, 0.15) is 30.5 Å². The molecule has 0 saturated heterocycles. The second kappa shape index (κ2) is 5.98. The summed E-state index contributed by atoms with van der Waals surface area (Å²) in [5, 5.41) is 5.48. The fourth-order valence-corrected chi connectivity index (χ4v) is 2.76. The smallest absolute Gasteiger partial charge is 0.0951 e. The monoisotopic (exact) mass is 249 g/mol. The van der Waals surface area contributed by atoms with Crippen molar-refractivity contribution in [2.75, 3.05) is 6.54 Å². The van der Waals surface area contributed by atoms with Crippen LogP contribution in [0.4, 0.5) is 0 Å². The normalized spacial score (nSPS) is 12.8. The summed E-state index contributed by atoms with van der Waals surface area (Å²) in [4.78, 5) is 5.68. The summed E-state index contributed by atoms with van der Waals surface area (Å²) < 4.78 is 2.27. The van der Waals surface area contributed by atoms with Crippen LogP contribution in [0.5, 0.6) is 0 Å². The van der Waals surface area contributed by atoms with Crippen molar-refractivity contribution in [1.29, 1.82) is 0 Å². The van der Waals surface area contributed by atoms with Crippen LogP contribution < -0.4 is 5.32 Å². The maximum atomic E-state index is 4.25. The van der Waals surface area contributed by atoms with Crippen molar-refractivity contribution in [3.63, 3.8) is 0 Å². The number of aromatic nitrogens is 2. The molecule has 3 nitrogen and oxygen atoms in total. The molecular formula is C13H19N3S. The fourth-order valence-electron chi connectivity index (χ4n) is 1.94. The van der Waals surface area contributed by atoms with Crippen molar-refractivity contribution >= 4 is 11.3 Å². The van der Waals surface area contributed by atoms with E-state index in [9.17, 15) is 0 Å². The number of nitrogens with zero attached hydrogens (tertiary/aromatic N) is 2. The highest BCUT2D eigenvalue weighted by Crippen LogP contribution is 2.19. The van der Waals surface area contributed by atoms with Gasteiger partial charge in [0, 0.05) is 30.1 Å². The molecule has 2 heterocycles. The van der Waals surface area contributed by atoms with Gasteiger partial charge in [0.1, 0.15) is 0 Å². The van der Waals surface area contributed by atoms with Crippen molar-refractivity contribution in [2.45, 2.75) is 32.9 Å². The number of imidazole rings is 1. The predicted octanol–water partition coefficient (Wildman–Crippen LogP) is 2.86. The van der Waals surface area contributed by atoms with E-state index >= 15 is 0 Å². The summed E-state index contributed by atoms with van der Waals surface area (Å²) in [6.07, 6.45) is 4.96. The second-order valence-electron chi connectivity index (χ2n) is 4.21. The van der Waals surface area contributed by atoms with Gasteiger partial charge in [-0.3, -0.25) is 0 Å². The number of rotatable bonds is 6. The average Bonchev–Trinajstić information content (AvgIpc) is 2.96. The molecule has 0 amide bonds. The lowest BCUT2D eigenvalue weighted by Crippen LogP contribution is -2.17. The van der Waals surface area contributed by atoms with E-state index in [4.69, 9.17) is 0 Å². The van der Waals surface area contributed by atoms with E-state index < -0.39 is 0 Å². The molecule has 0 spiro atoms. The third kappa shape index (κ3) is 3.17. The first kappa shape index (κ1) is 12.3. The lowest BCUT2D eigenvalue weighted by atomic mass is 10.2. The molecule has 1 atom stereocenters. The zero-order chi connectivity index (χ0) is 12.1. The molecule has 2 aromatic rings. The van der Waals surface area contributed by atoms with E-state index in [1.807, 2.05) is 23.9 Å². The Balaban J connectivity index is 2.03.